The number of aliphatic hydroxyl groups is 1. The predicted octanol–water partition coefficient (Wildman–Crippen LogP) is 4.51. The molecule has 1 N–H and O–H groups in total. The summed E-state index contributed by atoms with van der Waals surface area (Å²) in [5, 5.41) is 11.1. The maximum atomic E-state index is 10.4. The smallest absolute Gasteiger partial charge is 0.100 e. The van der Waals surface area contributed by atoms with Gasteiger partial charge in [-0.25, -0.2) is 0 Å². The van der Waals surface area contributed by atoms with Crippen molar-refractivity contribution >= 4 is 34.5 Å². The highest BCUT2D eigenvalue weighted by atomic mass is 35.5. The second-order valence-electron chi connectivity index (χ2n) is 4.18. The molecule has 1 unspecified atom stereocenters. The molecule has 0 aliphatic heterocycles. The van der Waals surface area contributed by atoms with Crippen LogP contribution in [0.4, 0.5) is 0 Å². The summed E-state index contributed by atoms with van der Waals surface area (Å²) in [6.07, 6.45) is 0.543. The Balaban J connectivity index is 2.19. The third-order valence-corrected chi connectivity index (χ3v) is 4.30. The first-order valence-electron chi connectivity index (χ1n) is 5.20. The molecular formula is C13H12Cl2OS. The minimum atomic E-state index is -0.897. The van der Waals surface area contributed by atoms with Crippen LogP contribution in [-0.4, -0.2) is 5.11 Å². The highest BCUT2D eigenvalue weighted by Crippen LogP contribution is 2.33. The van der Waals surface area contributed by atoms with E-state index in [1.807, 2.05) is 30.3 Å². The number of benzene rings is 1. The molecule has 0 aliphatic carbocycles. The van der Waals surface area contributed by atoms with Crippen molar-refractivity contribution in [1.29, 1.82) is 0 Å². The molecule has 1 atom stereocenters. The molecule has 0 saturated carbocycles. The number of hydrogen-bond acceptors (Lipinski definition) is 2. The van der Waals surface area contributed by atoms with Crippen LogP contribution in [0.25, 0.3) is 0 Å². The van der Waals surface area contributed by atoms with Gasteiger partial charge in [0, 0.05) is 16.3 Å². The zero-order valence-corrected chi connectivity index (χ0v) is 11.6. The number of hydrogen-bond donors (Lipinski definition) is 1. The molecule has 2 rings (SSSR count). The van der Waals surface area contributed by atoms with E-state index in [2.05, 4.69) is 0 Å². The van der Waals surface area contributed by atoms with Crippen molar-refractivity contribution in [3.05, 3.63) is 56.2 Å². The quantitative estimate of drug-likeness (QED) is 0.881. The lowest BCUT2D eigenvalue weighted by atomic mass is 9.95. The number of rotatable bonds is 3. The fraction of sp³-hybridized carbons (Fsp3) is 0.231. The van der Waals surface area contributed by atoms with Crippen LogP contribution in [0, 0.1) is 0 Å². The monoisotopic (exact) mass is 286 g/mol. The van der Waals surface area contributed by atoms with Crippen molar-refractivity contribution in [1.82, 2.24) is 0 Å². The van der Waals surface area contributed by atoms with Crippen molar-refractivity contribution in [3.63, 3.8) is 0 Å². The van der Waals surface area contributed by atoms with Crippen LogP contribution in [0.3, 0.4) is 0 Å². The Morgan fingerprint density at radius 3 is 2.29 bits per heavy atom. The summed E-state index contributed by atoms with van der Waals surface area (Å²) in [7, 11) is 0. The highest BCUT2D eigenvalue weighted by molar-refractivity contribution is 7.16. The molecule has 1 aromatic carbocycles. The molecule has 4 heteroatoms. The van der Waals surface area contributed by atoms with E-state index in [-0.39, 0.29) is 0 Å². The maximum absolute atomic E-state index is 10.4. The zero-order chi connectivity index (χ0) is 12.5. The van der Waals surface area contributed by atoms with Gasteiger partial charge in [-0.3, -0.25) is 0 Å². The van der Waals surface area contributed by atoms with Crippen LogP contribution in [0.1, 0.15) is 17.4 Å². The molecule has 0 bridgehead atoms. The van der Waals surface area contributed by atoms with Crippen LogP contribution >= 0.6 is 34.5 Å². The van der Waals surface area contributed by atoms with E-state index in [9.17, 15) is 5.11 Å². The van der Waals surface area contributed by atoms with E-state index in [1.165, 1.54) is 11.3 Å². The van der Waals surface area contributed by atoms with Gasteiger partial charge >= 0.3 is 0 Å². The first-order valence-corrected chi connectivity index (χ1v) is 6.77. The first-order chi connectivity index (χ1) is 7.97. The van der Waals surface area contributed by atoms with Gasteiger partial charge < -0.3 is 5.11 Å². The Bertz CT molecular complexity index is 502. The fourth-order valence-electron chi connectivity index (χ4n) is 1.69. The van der Waals surface area contributed by atoms with Crippen LogP contribution < -0.4 is 0 Å². The summed E-state index contributed by atoms with van der Waals surface area (Å²) in [6, 6.07) is 11.2. The largest absolute Gasteiger partial charge is 0.384 e. The summed E-state index contributed by atoms with van der Waals surface area (Å²) >= 11 is 13.1. The molecule has 0 aliphatic rings. The Hall–Kier alpha value is -0.540. The van der Waals surface area contributed by atoms with Crippen molar-refractivity contribution in [2.24, 2.45) is 0 Å². The van der Waals surface area contributed by atoms with Gasteiger partial charge in [-0.1, -0.05) is 35.3 Å². The van der Waals surface area contributed by atoms with Gasteiger partial charge in [0.05, 0.1) is 4.34 Å². The molecule has 1 heterocycles. The van der Waals surface area contributed by atoms with Crippen LogP contribution in [-0.2, 0) is 12.0 Å². The third kappa shape index (κ3) is 3.23. The molecule has 1 nitrogen and oxygen atoms in total. The second kappa shape index (κ2) is 4.99. The molecule has 0 saturated heterocycles. The van der Waals surface area contributed by atoms with Gasteiger partial charge in [0.15, 0.2) is 0 Å². The lowest BCUT2D eigenvalue weighted by Crippen LogP contribution is -2.22. The normalized spacial score (nSPS) is 14.6. The summed E-state index contributed by atoms with van der Waals surface area (Å²) < 4.78 is 0.691. The molecule has 0 fully saturated rings. The Morgan fingerprint density at radius 1 is 1.12 bits per heavy atom. The fourth-order valence-corrected chi connectivity index (χ4v) is 2.90. The molecule has 0 radical (unpaired) electrons. The molecule has 17 heavy (non-hydrogen) atoms. The van der Waals surface area contributed by atoms with Crippen molar-refractivity contribution in [2.75, 3.05) is 0 Å². The molecular weight excluding hydrogens is 275 g/mol. The average Bonchev–Trinajstić information content (AvgIpc) is 2.69. The molecule has 2 aromatic rings. The van der Waals surface area contributed by atoms with Gasteiger partial charge in [0.2, 0.25) is 0 Å². The van der Waals surface area contributed by atoms with E-state index in [1.54, 1.807) is 13.0 Å². The van der Waals surface area contributed by atoms with E-state index in [0.717, 1.165) is 10.4 Å². The summed E-state index contributed by atoms with van der Waals surface area (Å²) in [6.45, 7) is 1.80. The summed E-state index contributed by atoms with van der Waals surface area (Å²) in [5.74, 6) is 0. The summed E-state index contributed by atoms with van der Waals surface area (Å²) in [5.41, 5.74) is 0.148. The standard InChI is InChI=1S/C13H12Cl2OS/c1-13(16,11-6-7-12(15)17-11)8-9-2-4-10(14)5-3-9/h2-7,16H,8H2,1H3. The van der Waals surface area contributed by atoms with Crippen LogP contribution in [0.5, 0.6) is 0 Å². The van der Waals surface area contributed by atoms with Gasteiger partial charge in [-0.15, -0.1) is 11.3 Å². The molecule has 90 valence electrons. The van der Waals surface area contributed by atoms with Gasteiger partial charge in [-0.05, 0) is 36.8 Å². The average molecular weight is 287 g/mol. The van der Waals surface area contributed by atoms with Gasteiger partial charge in [0.1, 0.15) is 5.60 Å². The number of halogens is 2. The SMILES string of the molecule is CC(O)(Cc1ccc(Cl)cc1)c1ccc(Cl)s1. The van der Waals surface area contributed by atoms with Crippen molar-refractivity contribution in [3.8, 4) is 0 Å². The van der Waals surface area contributed by atoms with E-state index in [4.69, 9.17) is 23.2 Å². The van der Waals surface area contributed by atoms with E-state index >= 15 is 0 Å². The minimum Gasteiger partial charge on any atom is -0.384 e. The van der Waals surface area contributed by atoms with Crippen LogP contribution in [0.2, 0.25) is 9.36 Å². The van der Waals surface area contributed by atoms with E-state index in [0.29, 0.717) is 15.8 Å². The molecule has 1 aromatic heterocycles. The minimum absolute atomic E-state index is 0.543. The highest BCUT2D eigenvalue weighted by Gasteiger charge is 2.25. The Kier molecular flexibility index (Phi) is 3.79. The van der Waals surface area contributed by atoms with Gasteiger partial charge in [0.25, 0.3) is 0 Å². The van der Waals surface area contributed by atoms with Gasteiger partial charge in [-0.2, -0.15) is 0 Å². The van der Waals surface area contributed by atoms with Crippen molar-refractivity contribution < 1.29 is 5.11 Å². The lowest BCUT2D eigenvalue weighted by Gasteiger charge is -2.21. The number of thiophene rings is 1. The first kappa shape index (κ1) is 12.9. The topological polar surface area (TPSA) is 20.2 Å². The molecule has 0 spiro atoms. The Labute approximate surface area is 115 Å². The third-order valence-electron chi connectivity index (χ3n) is 2.57. The second-order valence-corrected chi connectivity index (χ2v) is 6.33. The predicted molar refractivity (Wildman–Crippen MR) is 74.1 cm³/mol. The lowest BCUT2D eigenvalue weighted by molar-refractivity contribution is 0.0615. The molecule has 0 amide bonds. The maximum Gasteiger partial charge on any atom is 0.100 e. The summed E-state index contributed by atoms with van der Waals surface area (Å²) in [4.78, 5) is 0.873. The van der Waals surface area contributed by atoms with Crippen LogP contribution in [0.15, 0.2) is 36.4 Å². The zero-order valence-electron chi connectivity index (χ0n) is 9.28. The van der Waals surface area contributed by atoms with E-state index < -0.39 is 5.60 Å². The Morgan fingerprint density at radius 2 is 1.76 bits per heavy atom. The van der Waals surface area contributed by atoms with Crippen molar-refractivity contribution in [2.45, 2.75) is 18.9 Å².